The largest absolute Gasteiger partial charge is 0.493 e. The molecule has 4 aliphatic heterocycles. The molecule has 0 unspecified atom stereocenters. The van der Waals surface area contributed by atoms with Crippen molar-refractivity contribution in [1.82, 2.24) is 4.90 Å². The monoisotopic (exact) mass is 423 g/mol. The lowest BCUT2D eigenvalue weighted by molar-refractivity contribution is -0.115. The summed E-state index contributed by atoms with van der Waals surface area (Å²) in [4.78, 5) is 17.1. The number of hydrogen-bond donors (Lipinski definition) is 1. The Morgan fingerprint density at radius 3 is 3.10 bits per heavy atom. The Balaban J connectivity index is 1.15. The summed E-state index contributed by atoms with van der Waals surface area (Å²) in [5, 5.41) is 3.88. The summed E-state index contributed by atoms with van der Waals surface area (Å²) in [5.74, 6) is 1.62. The highest BCUT2D eigenvalue weighted by atomic mass is 35.5. The maximum Gasteiger partial charge on any atom is 0.243 e. The Bertz CT molecular complexity index is 1020. The van der Waals surface area contributed by atoms with Crippen LogP contribution in [-0.4, -0.2) is 49.6 Å². The molecule has 2 atom stereocenters. The van der Waals surface area contributed by atoms with Crippen molar-refractivity contribution in [2.24, 2.45) is 0 Å². The fourth-order valence-corrected chi connectivity index (χ4v) is 6.13. The van der Waals surface area contributed by atoms with E-state index < -0.39 is 0 Å². The van der Waals surface area contributed by atoms with E-state index in [2.05, 4.69) is 33.3 Å². The summed E-state index contributed by atoms with van der Waals surface area (Å²) >= 11 is 6.49. The molecule has 6 heteroatoms. The molecule has 0 radical (unpaired) electrons. The molecule has 1 saturated heterocycles. The Hall–Kier alpha value is -2.24. The van der Waals surface area contributed by atoms with Gasteiger partial charge in [0, 0.05) is 42.1 Å². The lowest BCUT2D eigenvalue weighted by Crippen LogP contribution is -2.49. The second kappa shape index (κ2) is 7.17. The molecule has 0 spiro atoms. The van der Waals surface area contributed by atoms with Gasteiger partial charge < -0.3 is 19.9 Å². The van der Waals surface area contributed by atoms with Gasteiger partial charge in [0.1, 0.15) is 5.75 Å². The van der Waals surface area contributed by atoms with Crippen molar-refractivity contribution < 1.29 is 9.53 Å². The molecule has 4 heterocycles. The van der Waals surface area contributed by atoms with E-state index in [1.807, 2.05) is 12.1 Å². The second-order valence-electron chi connectivity index (χ2n) is 8.90. The lowest BCUT2D eigenvalue weighted by Gasteiger charge is -2.39. The van der Waals surface area contributed by atoms with Gasteiger partial charge in [-0.2, -0.15) is 0 Å². The number of nitrogens with one attached hydrogen (secondary N) is 1. The summed E-state index contributed by atoms with van der Waals surface area (Å²) < 4.78 is 5.86. The normalized spacial score (nSPS) is 24.2. The number of hydrogen-bond acceptors (Lipinski definition) is 4. The molecule has 0 bridgehead atoms. The van der Waals surface area contributed by atoms with Gasteiger partial charge in [0.15, 0.2) is 0 Å². The van der Waals surface area contributed by atoms with Crippen LogP contribution < -0.4 is 15.0 Å². The number of anilines is 2. The molecule has 0 aliphatic carbocycles. The molecule has 1 amide bonds. The van der Waals surface area contributed by atoms with Crippen LogP contribution in [0.3, 0.4) is 0 Å². The number of carbonyl (C=O) groups excluding carboxylic acids is 1. The van der Waals surface area contributed by atoms with Gasteiger partial charge in [-0.3, -0.25) is 4.79 Å². The molecule has 156 valence electrons. The van der Waals surface area contributed by atoms with Gasteiger partial charge >= 0.3 is 0 Å². The van der Waals surface area contributed by atoms with Crippen LogP contribution in [0.2, 0.25) is 5.02 Å². The third-order valence-electron chi connectivity index (χ3n) is 7.21. The van der Waals surface area contributed by atoms with Crippen molar-refractivity contribution in [2.45, 2.75) is 37.6 Å². The molecular weight excluding hydrogens is 398 g/mol. The Labute approximate surface area is 181 Å². The standard InChI is InChI=1S/C24H26ClN3O2/c25-19-7-6-15-9-12-30-24(15)17(19)4-2-10-27-11-8-21-18(13-27)16-3-1-5-20-23(16)28(21)14-22(29)26-20/h1,3,5-7,18,21H,2,4,8-14H2,(H,26,29)/t18-,21-/m0/s1. The number of piperidine rings is 1. The first-order valence-corrected chi connectivity index (χ1v) is 11.4. The molecule has 30 heavy (non-hydrogen) atoms. The zero-order chi connectivity index (χ0) is 20.2. The van der Waals surface area contributed by atoms with Crippen LogP contribution in [0.4, 0.5) is 11.4 Å². The fraction of sp³-hybridized carbons (Fsp3) is 0.458. The summed E-state index contributed by atoms with van der Waals surface area (Å²) in [6.07, 6.45) is 4.13. The summed E-state index contributed by atoms with van der Waals surface area (Å²) in [7, 11) is 0. The minimum atomic E-state index is 0.109. The molecule has 1 fully saturated rings. The van der Waals surface area contributed by atoms with E-state index >= 15 is 0 Å². The van der Waals surface area contributed by atoms with Crippen LogP contribution in [0.5, 0.6) is 5.75 Å². The van der Waals surface area contributed by atoms with Crippen LogP contribution in [-0.2, 0) is 17.6 Å². The number of nitrogens with zero attached hydrogens (tertiary/aromatic N) is 2. The van der Waals surface area contributed by atoms with Crippen molar-refractivity contribution >= 4 is 28.9 Å². The highest BCUT2D eigenvalue weighted by molar-refractivity contribution is 6.31. The summed E-state index contributed by atoms with van der Waals surface area (Å²) in [6, 6.07) is 10.9. The number of amides is 1. The quantitative estimate of drug-likeness (QED) is 0.811. The van der Waals surface area contributed by atoms with Gasteiger partial charge in [0.05, 0.1) is 24.5 Å². The zero-order valence-electron chi connectivity index (χ0n) is 17.0. The van der Waals surface area contributed by atoms with Crippen molar-refractivity contribution in [3.63, 3.8) is 0 Å². The lowest BCUT2D eigenvalue weighted by atomic mass is 9.89. The number of rotatable bonds is 4. The maximum absolute atomic E-state index is 12.2. The summed E-state index contributed by atoms with van der Waals surface area (Å²) in [5.41, 5.74) is 6.12. The first-order valence-electron chi connectivity index (χ1n) is 11.0. The van der Waals surface area contributed by atoms with Gasteiger partial charge in [-0.25, -0.2) is 0 Å². The molecule has 2 aromatic rings. The molecule has 0 aromatic heterocycles. The summed E-state index contributed by atoms with van der Waals surface area (Å²) in [6.45, 7) is 4.47. The van der Waals surface area contributed by atoms with Gasteiger partial charge in [0.2, 0.25) is 5.91 Å². The van der Waals surface area contributed by atoms with Gasteiger partial charge in [-0.1, -0.05) is 29.8 Å². The van der Waals surface area contributed by atoms with Crippen LogP contribution in [0.15, 0.2) is 30.3 Å². The van der Waals surface area contributed by atoms with E-state index in [-0.39, 0.29) is 5.91 Å². The van der Waals surface area contributed by atoms with Crippen molar-refractivity contribution in [2.75, 3.05) is 43.0 Å². The molecule has 6 rings (SSSR count). The number of para-hydroxylation sites is 1. The van der Waals surface area contributed by atoms with Crippen LogP contribution in [0, 0.1) is 0 Å². The highest BCUT2D eigenvalue weighted by Crippen LogP contribution is 2.49. The van der Waals surface area contributed by atoms with E-state index in [1.54, 1.807) is 0 Å². The average Bonchev–Trinajstić information content (AvgIpc) is 3.34. The number of likely N-dealkylation sites (tertiary alicyclic amines) is 1. The first kappa shape index (κ1) is 18.5. The van der Waals surface area contributed by atoms with E-state index in [4.69, 9.17) is 16.3 Å². The van der Waals surface area contributed by atoms with E-state index in [0.29, 0.717) is 18.5 Å². The van der Waals surface area contributed by atoms with Crippen molar-refractivity contribution in [1.29, 1.82) is 0 Å². The third kappa shape index (κ3) is 2.90. The molecule has 5 nitrogen and oxygen atoms in total. The third-order valence-corrected chi connectivity index (χ3v) is 7.56. The van der Waals surface area contributed by atoms with Gasteiger partial charge in [0.25, 0.3) is 0 Å². The van der Waals surface area contributed by atoms with Gasteiger partial charge in [-0.15, -0.1) is 0 Å². The predicted octanol–water partition coefficient (Wildman–Crippen LogP) is 3.84. The van der Waals surface area contributed by atoms with E-state index in [9.17, 15) is 4.79 Å². The van der Waals surface area contributed by atoms with Crippen molar-refractivity contribution in [3.8, 4) is 5.75 Å². The minimum Gasteiger partial charge on any atom is -0.493 e. The maximum atomic E-state index is 12.2. The number of halogens is 1. The Morgan fingerprint density at radius 1 is 1.23 bits per heavy atom. The molecular formula is C24H26ClN3O2. The minimum absolute atomic E-state index is 0.109. The smallest absolute Gasteiger partial charge is 0.243 e. The van der Waals surface area contributed by atoms with E-state index in [0.717, 1.165) is 68.4 Å². The topological polar surface area (TPSA) is 44.8 Å². The van der Waals surface area contributed by atoms with Crippen molar-refractivity contribution in [3.05, 3.63) is 52.0 Å². The SMILES string of the molecule is O=C1CN2c3c(cccc3[C@@H]3CN(CCCc4c(Cl)ccc5c4OCC5)CC[C@@H]32)N1. The molecule has 2 aromatic carbocycles. The molecule has 1 N–H and O–H groups in total. The van der Waals surface area contributed by atoms with Gasteiger partial charge in [-0.05, 0) is 49.1 Å². The first-order chi connectivity index (χ1) is 14.7. The van der Waals surface area contributed by atoms with Crippen LogP contribution in [0.25, 0.3) is 0 Å². The Kier molecular flexibility index (Phi) is 4.43. The number of ether oxygens (including phenoxy) is 1. The number of carbonyl (C=O) groups is 1. The highest BCUT2D eigenvalue weighted by Gasteiger charge is 2.45. The zero-order valence-corrected chi connectivity index (χ0v) is 17.8. The number of benzene rings is 2. The molecule has 4 aliphatic rings. The van der Waals surface area contributed by atoms with E-state index in [1.165, 1.54) is 22.4 Å². The predicted molar refractivity (Wildman–Crippen MR) is 119 cm³/mol. The van der Waals surface area contributed by atoms with Crippen LogP contribution >= 0.6 is 11.6 Å². The van der Waals surface area contributed by atoms with Crippen LogP contribution in [0.1, 0.15) is 35.4 Å². The average molecular weight is 424 g/mol. The Morgan fingerprint density at radius 2 is 2.17 bits per heavy atom. The number of fused-ring (bicyclic) bond motifs is 4. The fourth-order valence-electron chi connectivity index (χ4n) is 5.88. The molecule has 0 saturated carbocycles. The second-order valence-corrected chi connectivity index (χ2v) is 9.31.